The molecule has 16 heavy (non-hydrogen) atoms. The summed E-state index contributed by atoms with van der Waals surface area (Å²) in [7, 11) is 0. The number of aliphatic hydroxyl groups is 1. The average molecular weight is 237 g/mol. The summed E-state index contributed by atoms with van der Waals surface area (Å²) in [6.07, 6.45) is 0. The normalized spacial score (nSPS) is 11.0. The van der Waals surface area contributed by atoms with E-state index in [1.54, 1.807) is 11.3 Å². The van der Waals surface area contributed by atoms with E-state index in [1.807, 2.05) is 6.92 Å². The zero-order valence-corrected chi connectivity index (χ0v) is 10.5. The number of hydrogen-bond donors (Lipinski definition) is 2. The second kappa shape index (κ2) is 4.35. The fraction of sp³-hybridized carbons (Fsp3) is 0.455. The Balaban J connectivity index is 2.72. The lowest BCUT2D eigenvalue weighted by molar-refractivity contribution is 0.272. The summed E-state index contributed by atoms with van der Waals surface area (Å²) < 4.78 is 0. The van der Waals surface area contributed by atoms with Crippen LogP contribution in [-0.2, 0) is 6.61 Å². The number of aliphatic hydroxyl groups excluding tert-OH is 1. The van der Waals surface area contributed by atoms with Gasteiger partial charge in [0.2, 0.25) is 0 Å². The number of aromatic nitrogens is 2. The molecule has 0 aliphatic carbocycles. The van der Waals surface area contributed by atoms with E-state index in [0.717, 1.165) is 22.6 Å². The minimum Gasteiger partial charge on any atom is -0.388 e. The van der Waals surface area contributed by atoms with Crippen molar-refractivity contribution in [2.45, 2.75) is 27.4 Å². The Bertz CT molecular complexity index is 521. The topological polar surface area (TPSA) is 58.0 Å². The van der Waals surface area contributed by atoms with E-state index >= 15 is 0 Å². The minimum absolute atomic E-state index is 0.121. The maximum absolute atomic E-state index is 9.12. The van der Waals surface area contributed by atoms with Crippen LogP contribution in [0.1, 0.15) is 23.2 Å². The molecule has 0 bridgehead atoms. The van der Waals surface area contributed by atoms with Gasteiger partial charge in [0.15, 0.2) is 5.82 Å². The van der Waals surface area contributed by atoms with Gasteiger partial charge in [-0.1, -0.05) is 0 Å². The van der Waals surface area contributed by atoms with Crippen LogP contribution in [0, 0.1) is 13.8 Å². The first-order valence-electron chi connectivity index (χ1n) is 5.28. The van der Waals surface area contributed by atoms with Gasteiger partial charge in [-0.05, 0) is 26.3 Å². The standard InChI is InChI=1S/C11H15N3OS/c1-4-12-10-9-6(2)7(3)16-11(9)14-8(5-15)13-10/h15H,4-5H2,1-3H3,(H,12,13,14). The van der Waals surface area contributed by atoms with Crippen molar-refractivity contribution in [3.05, 3.63) is 16.3 Å². The van der Waals surface area contributed by atoms with Crippen LogP contribution in [0.5, 0.6) is 0 Å². The van der Waals surface area contributed by atoms with E-state index in [9.17, 15) is 0 Å². The molecule has 0 aromatic carbocycles. The molecule has 4 nitrogen and oxygen atoms in total. The molecule has 0 fully saturated rings. The third-order valence-corrected chi connectivity index (χ3v) is 3.66. The Morgan fingerprint density at radius 1 is 1.31 bits per heavy atom. The molecule has 0 aliphatic rings. The largest absolute Gasteiger partial charge is 0.388 e. The SMILES string of the molecule is CCNc1nc(CO)nc2sc(C)c(C)c12. The number of rotatable bonds is 3. The Morgan fingerprint density at radius 2 is 2.06 bits per heavy atom. The van der Waals surface area contributed by atoms with Crippen LogP contribution in [0.15, 0.2) is 0 Å². The van der Waals surface area contributed by atoms with Crippen molar-refractivity contribution in [1.29, 1.82) is 0 Å². The molecule has 2 heterocycles. The average Bonchev–Trinajstić information content (AvgIpc) is 2.55. The van der Waals surface area contributed by atoms with Gasteiger partial charge >= 0.3 is 0 Å². The molecule has 2 aromatic heterocycles. The highest BCUT2D eigenvalue weighted by molar-refractivity contribution is 7.18. The molecule has 2 N–H and O–H groups in total. The number of aryl methyl sites for hydroxylation is 2. The second-order valence-corrected chi connectivity index (χ2v) is 4.84. The number of anilines is 1. The summed E-state index contributed by atoms with van der Waals surface area (Å²) in [5.41, 5.74) is 1.22. The van der Waals surface area contributed by atoms with Gasteiger partial charge in [-0.3, -0.25) is 0 Å². The van der Waals surface area contributed by atoms with Crippen LogP contribution in [0.3, 0.4) is 0 Å². The minimum atomic E-state index is -0.121. The molecule has 0 radical (unpaired) electrons. The van der Waals surface area contributed by atoms with Gasteiger partial charge < -0.3 is 10.4 Å². The summed E-state index contributed by atoms with van der Waals surface area (Å²) >= 11 is 1.65. The fourth-order valence-electron chi connectivity index (χ4n) is 1.66. The Morgan fingerprint density at radius 3 is 2.69 bits per heavy atom. The first-order valence-corrected chi connectivity index (χ1v) is 6.10. The zero-order chi connectivity index (χ0) is 11.7. The maximum Gasteiger partial charge on any atom is 0.157 e. The molecule has 0 atom stereocenters. The van der Waals surface area contributed by atoms with E-state index < -0.39 is 0 Å². The monoisotopic (exact) mass is 237 g/mol. The lowest BCUT2D eigenvalue weighted by atomic mass is 10.2. The van der Waals surface area contributed by atoms with Crippen molar-refractivity contribution in [2.75, 3.05) is 11.9 Å². The first-order chi connectivity index (χ1) is 7.67. The van der Waals surface area contributed by atoms with Crippen molar-refractivity contribution in [3.8, 4) is 0 Å². The van der Waals surface area contributed by atoms with Crippen LogP contribution >= 0.6 is 11.3 Å². The molecule has 0 unspecified atom stereocenters. The number of nitrogens with zero attached hydrogens (tertiary/aromatic N) is 2. The van der Waals surface area contributed by atoms with Gasteiger partial charge in [-0.2, -0.15) is 0 Å². The van der Waals surface area contributed by atoms with Crippen LogP contribution in [-0.4, -0.2) is 21.6 Å². The smallest absolute Gasteiger partial charge is 0.157 e. The number of nitrogens with one attached hydrogen (secondary N) is 1. The van der Waals surface area contributed by atoms with Gasteiger partial charge in [0.05, 0.1) is 5.39 Å². The van der Waals surface area contributed by atoms with Crippen molar-refractivity contribution in [1.82, 2.24) is 9.97 Å². The van der Waals surface area contributed by atoms with Gasteiger partial charge in [0.25, 0.3) is 0 Å². The number of hydrogen-bond acceptors (Lipinski definition) is 5. The molecule has 0 amide bonds. The third-order valence-electron chi connectivity index (χ3n) is 2.56. The van der Waals surface area contributed by atoms with Gasteiger partial charge in [0.1, 0.15) is 17.3 Å². The molecule has 2 rings (SSSR count). The van der Waals surface area contributed by atoms with Gasteiger partial charge in [-0.15, -0.1) is 11.3 Å². The van der Waals surface area contributed by atoms with E-state index in [0.29, 0.717) is 5.82 Å². The lowest BCUT2D eigenvalue weighted by Gasteiger charge is -2.06. The van der Waals surface area contributed by atoms with E-state index in [2.05, 4.69) is 29.1 Å². The van der Waals surface area contributed by atoms with Crippen molar-refractivity contribution in [3.63, 3.8) is 0 Å². The first kappa shape index (κ1) is 11.3. The predicted octanol–water partition coefficient (Wildman–Crippen LogP) is 2.23. The van der Waals surface area contributed by atoms with E-state index in [-0.39, 0.29) is 6.61 Å². The Kier molecular flexibility index (Phi) is 3.07. The van der Waals surface area contributed by atoms with Gasteiger partial charge in [0, 0.05) is 11.4 Å². The molecule has 0 saturated carbocycles. The van der Waals surface area contributed by atoms with Crippen LogP contribution in [0.25, 0.3) is 10.2 Å². The Labute approximate surface area is 98.4 Å². The van der Waals surface area contributed by atoms with Crippen LogP contribution < -0.4 is 5.32 Å². The molecular weight excluding hydrogens is 222 g/mol. The third kappa shape index (κ3) is 1.76. The summed E-state index contributed by atoms with van der Waals surface area (Å²) in [5, 5.41) is 13.4. The van der Waals surface area contributed by atoms with E-state index in [4.69, 9.17) is 5.11 Å². The highest BCUT2D eigenvalue weighted by Crippen LogP contribution is 2.33. The number of thiophene rings is 1. The molecule has 5 heteroatoms. The summed E-state index contributed by atoms with van der Waals surface area (Å²) in [6, 6.07) is 0. The fourth-order valence-corrected chi connectivity index (χ4v) is 2.71. The summed E-state index contributed by atoms with van der Waals surface area (Å²) in [5.74, 6) is 1.31. The lowest BCUT2D eigenvalue weighted by Crippen LogP contribution is -2.04. The maximum atomic E-state index is 9.12. The molecule has 86 valence electrons. The highest BCUT2D eigenvalue weighted by atomic mass is 32.1. The van der Waals surface area contributed by atoms with Gasteiger partial charge in [-0.25, -0.2) is 9.97 Å². The quantitative estimate of drug-likeness (QED) is 0.859. The predicted molar refractivity (Wildman–Crippen MR) is 67.0 cm³/mol. The summed E-state index contributed by atoms with van der Waals surface area (Å²) in [4.78, 5) is 10.9. The molecular formula is C11H15N3OS. The van der Waals surface area contributed by atoms with Crippen molar-refractivity contribution >= 4 is 27.4 Å². The molecule has 0 saturated heterocycles. The number of fused-ring (bicyclic) bond motifs is 1. The highest BCUT2D eigenvalue weighted by Gasteiger charge is 2.13. The molecule has 2 aromatic rings. The van der Waals surface area contributed by atoms with Crippen LogP contribution in [0.4, 0.5) is 5.82 Å². The van der Waals surface area contributed by atoms with Crippen molar-refractivity contribution < 1.29 is 5.11 Å². The molecule has 0 aliphatic heterocycles. The zero-order valence-electron chi connectivity index (χ0n) is 9.66. The van der Waals surface area contributed by atoms with Crippen LogP contribution in [0.2, 0.25) is 0 Å². The van der Waals surface area contributed by atoms with E-state index in [1.165, 1.54) is 10.4 Å². The Hall–Kier alpha value is -1.20. The molecule has 0 spiro atoms. The second-order valence-electron chi connectivity index (χ2n) is 3.64. The summed E-state index contributed by atoms with van der Waals surface area (Å²) in [6.45, 7) is 6.88. The van der Waals surface area contributed by atoms with Crippen molar-refractivity contribution in [2.24, 2.45) is 0 Å².